The van der Waals surface area contributed by atoms with Gasteiger partial charge in [0.2, 0.25) is 17.6 Å². The molecule has 1 aliphatic heterocycles. The summed E-state index contributed by atoms with van der Waals surface area (Å²) in [7, 11) is 0. The van der Waals surface area contributed by atoms with Crippen LogP contribution < -0.4 is 5.73 Å². The minimum Gasteiger partial charge on any atom is -0.340 e. The number of nitrogens with zero attached hydrogens (tertiary/aromatic N) is 4. The van der Waals surface area contributed by atoms with E-state index in [1.165, 1.54) is 18.4 Å². The Balaban J connectivity index is 1.16. The van der Waals surface area contributed by atoms with Crippen LogP contribution in [0.4, 0.5) is 0 Å². The Hall–Kier alpha value is -2.25. The van der Waals surface area contributed by atoms with E-state index in [0.717, 1.165) is 38.2 Å². The highest BCUT2D eigenvalue weighted by molar-refractivity contribution is 5.80. The van der Waals surface area contributed by atoms with Crippen LogP contribution in [0, 0.1) is 24.7 Å². The molecule has 2 bridgehead atoms. The number of nitrogens with two attached hydrogens (primary N) is 1. The van der Waals surface area contributed by atoms with Gasteiger partial charge >= 0.3 is 0 Å². The van der Waals surface area contributed by atoms with Gasteiger partial charge in [-0.1, -0.05) is 35.0 Å². The SMILES string of the molecule is Cc1ccc(-c2noc(CN3CCN(C(=O)C4C5CCC(C5)C4N)CC3)n2)cc1. The van der Waals surface area contributed by atoms with Crippen LogP contribution in [0.15, 0.2) is 28.8 Å². The Bertz CT molecular complexity index is 870. The van der Waals surface area contributed by atoms with Crippen LogP contribution in [-0.4, -0.2) is 58.1 Å². The molecule has 2 saturated carbocycles. The highest BCUT2D eigenvalue weighted by Gasteiger charge is 2.50. The third-order valence-electron chi connectivity index (χ3n) is 7.09. The molecular weight excluding hydrogens is 366 g/mol. The zero-order chi connectivity index (χ0) is 20.0. The topological polar surface area (TPSA) is 88.5 Å². The first-order chi connectivity index (χ1) is 14.1. The van der Waals surface area contributed by atoms with Gasteiger partial charge in [0.25, 0.3) is 0 Å². The van der Waals surface area contributed by atoms with Gasteiger partial charge in [-0.25, -0.2) is 0 Å². The molecule has 2 aromatic rings. The van der Waals surface area contributed by atoms with E-state index >= 15 is 0 Å². The number of fused-ring (bicyclic) bond motifs is 2. The monoisotopic (exact) mass is 395 g/mol. The van der Waals surface area contributed by atoms with Gasteiger partial charge in [0, 0.05) is 37.8 Å². The Kier molecular flexibility index (Phi) is 4.87. The number of rotatable bonds is 4. The van der Waals surface area contributed by atoms with Crippen molar-refractivity contribution >= 4 is 5.91 Å². The fourth-order valence-corrected chi connectivity index (χ4v) is 5.37. The van der Waals surface area contributed by atoms with Gasteiger partial charge in [0.15, 0.2) is 0 Å². The number of benzene rings is 1. The van der Waals surface area contributed by atoms with Crippen molar-refractivity contribution in [3.05, 3.63) is 35.7 Å². The standard InChI is InChI=1S/C22H29N5O2/c1-14-2-4-15(5-3-14)21-24-18(29-25-21)13-26-8-10-27(11-9-26)22(28)19-16-6-7-17(12-16)20(19)23/h2-5,16-17,19-20H,6-13,23H2,1H3. The first-order valence-corrected chi connectivity index (χ1v) is 10.7. The first-order valence-electron chi connectivity index (χ1n) is 10.7. The number of hydrogen-bond acceptors (Lipinski definition) is 6. The van der Waals surface area contributed by atoms with Crippen molar-refractivity contribution in [1.82, 2.24) is 19.9 Å². The second-order valence-corrected chi connectivity index (χ2v) is 8.92. The quantitative estimate of drug-likeness (QED) is 0.853. The summed E-state index contributed by atoms with van der Waals surface area (Å²) in [6.07, 6.45) is 3.53. The van der Waals surface area contributed by atoms with Crippen LogP contribution in [0.3, 0.4) is 0 Å². The summed E-state index contributed by atoms with van der Waals surface area (Å²) in [6.45, 7) is 5.82. The van der Waals surface area contributed by atoms with Crippen LogP contribution in [0.1, 0.15) is 30.7 Å². The van der Waals surface area contributed by atoms with Crippen molar-refractivity contribution in [3.8, 4) is 11.4 Å². The second-order valence-electron chi connectivity index (χ2n) is 8.92. The van der Waals surface area contributed by atoms with Crippen LogP contribution in [0.25, 0.3) is 11.4 Å². The summed E-state index contributed by atoms with van der Waals surface area (Å²) in [5.41, 5.74) is 8.54. The lowest BCUT2D eigenvalue weighted by Gasteiger charge is -2.38. The molecule has 2 N–H and O–H groups in total. The minimum absolute atomic E-state index is 0.0494. The molecule has 1 amide bonds. The fraction of sp³-hybridized carbons (Fsp3) is 0.591. The molecule has 2 heterocycles. The molecule has 0 radical (unpaired) electrons. The summed E-state index contributed by atoms with van der Waals surface area (Å²) < 4.78 is 5.46. The summed E-state index contributed by atoms with van der Waals surface area (Å²) in [4.78, 5) is 21.9. The summed E-state index contributed by atoms with van der Waals surface area (Å²) in [6, 6.07) is 8.18. The average Bonchev–Trinajstić information content (AvgIpc) is 3.45. The maximum absolute atomic E-state index is 13.0. The molecule has 3 fully saturated rings. The number of piperazine rings is 1. The zero-order valence-corrected chi connectivity index (χ0v) is 17.0. The second kappa shape index (κ2) is 7.54. The van der Waals surface area contributed by atoms with E-state index in [1.54, 1.807) is 0 Å². The highest BCUT2D eigenvalue weighted by Crippen LogP contribution is 2.48. The molecule has 1 saturated heterocycles. The molecular formula is C22H29N5O2. The average molecular weight is 396 g/mol. The lowest BCUT2D eigenvalue weighted by atomic mass is 9.84. The predicted octanol–water partition coefficient (Wildman–Crippen LogP) is 2.06. The largest absolute Gasteiger partial charge is 0.340 e. The van der Waals surface area contributed by atoms with E-state index < -0.39 is 0 Å². The van der Waals surface area contributed by atoms with Gasteiger partial charge in [0.1, 0.15) is 0 Å². The third-order valence-corrected chi connectivity index (χ3v) is 7.09. The van der Waals surface area contributed by atoms with Crippen molar-refractivity contribution in [3.63, 3.8) is 0 Å². The summed E-state index contributed by atoms with van der Waals surface area (Å²) in [5, 5.41) is 4.12. The minimum atomic E-state index is 0.0494. The van der Waals surface area contributed by atoms with Crippen molar-refractivity contribution in [2.24, 2.45) is 23.5 Å². The van der Waals surface area contributed by atoms with E-state index in [4.69, 9.17) is 10.3 Å². The maximum Gasteiger partial charge on any atom is 0.241 e. The van der Waals surface area contributed by atoms with Gasteiger partial charge in [0.05, 0.1) is 12.5 Å². The van der Waals surface area contributed by atoms with Crippen LogP contribution in [-0.2, 0) is 11.3 Å². The Morgan fingerprint density at radius 3 is 2.55 bits per heavy atom. The Morgan fingerprint density at radius 2 is 1.86 bits per heavy atom. The normalized spacial score (nSPS) is 29.5. The number of hydrogen-bond donors (Lipinski definition) is 1. The van der Waals surface area contributed by atoms with Crippen molar-refractivity contribution in [1.29, 1.82) is 0 Å². The lowest BCUT2D eigenvalue weighted by molar-refractivity contribution is -0.139. The van der Waals surface area contributed by atoms with Crippen LogP contribution in [0.5, 0.6) is 0 Å². The molecule has 5 rings (SSSR count). The molecule has 3 aliphatic rings. The van der Waals surface area contributed by atoms with E-state index in [2.05, 4.69) is 22.0 Å². The van der Waals surface area contributed by atoms with E-state index in [9.17, 15) is 4.79 Å². The van der Waals surface area contributed by atoms with Gasteiger partial charge < -0.3 is 15.2 Å². The molecule has 4 atom stereocenters. The van der Waals surface area contributed by atoms with Crippen molar-refractivity contribution in [2.75, 3.05) is 26.2 Å². The molecule has 1 aromatic carbocycles. The van der Waals surface area contributed by atoms with E-state index in [0.29, 0.717) is 30.1 Å². The van der Waals surface area contributed by atoms with Gasteiger partial charge in [-0.3, -0.25) is 9.69 Å². The molecule has 7 heteroatoms. The lowest BCUT2D eigenvalue weighted by Crippen LogP contribution is -2.53. The van der Waals surface area contributed by atoms with Gasteiger partial charge in [-0.05, 0) is 38.0 Å². The van der Waals surface area contributed by atoms with Crippen LogP contribution in [0.2, 0.25) is 0 Å². The van der Waals surface area contributed by atoms with Gasteiger partial charge in [-0.2, -0.15) is 4.98 Å². The number of amides is 1. The fourth-order valence-electron chi connectivity index (χ4n) is 5.37. The molecule has 1 aromatic heterocycles. The molecule has 0 spiro atoms. The van der Waals surface area contributed by atoms with Crippen molar-refractivity contribution < 1.29 is 9.32 Å². The molecule has 7 nitrogen and oxygen atoms in total. The predicted molar refractivity (Wildman–Crippen MR) is 109 cm³/mol. The summed E-state index contributed by atoms with van der Waals surface area (Å²) in [5.74, 6) is 2.65. The number of aromatic nitrogens is 2. The van der Waals surface area contributed by atoms with E-state index in [1.807, 2.05) is 29.2 Å². The van der Waals surface area contributed by atoms with E-state index in [-0.39, 0.29) is 17.9 Å². The Labute approximate surface area is 171 Å². The third kappa shape index (κ3) is 3.57. The summed E-state index contributed by atoms with van der Waals surface area (Å²) >= 11 is 0. The van der Waals surface area contributed by atoms with Crippen molar-refractivity contribution in [2.45, 2.75) is 38.8 Å². The number of carbonyl (C=O) groups excluding carboxylic acids is 1. The highest BCUT2D eigenvalue weighted by atomic mass is 16.5. The zero-order valence-electron chi connectivity index (χ0n) is 17.0. The number of carbonyl (C=O) groups is 1. The van der Waals surface area contributed by atoms with Gasteiger partial charge in [-0.15, -0.1) is 0 Å². The molecule has 154 valence electrons. The number of aryl methyl sites for hydroxylation is 1. The Morgan fingerprint density at radius 1 is 1.14 bits per heavy atom. The smallest absolute Gasteiger partial charge is 0.241 e. The van der Waals surface area contributed by atoms with Crippen LogP contribution >= 0.6 is 0 Å². The molecule has 29 heavy (non-hydrogen) atoms. The first kappa shape index (κ1) is 18.8. The molecule has 2 aliphatic carbocycles. The maximum atomic E-state index is 13.0. The molecule has 4 unspecified atom stereocenters.